The molecule has 0 saturated carbocycles. The second-order valence-corrected chi connectivity index (χ2v) is 8.61. The summed E-state index contributed by atoms with van der Waals surface area (Å²) in [5, 5.41) is 10.3. The lowest BCUT2D eigenvalue weighted by Crippen LogP contribution is -2.37. The number of aryl methyl sites for hydroxylation is 1. The minimum Gasteiger partial charge on any atom is -0.387 e. The molecule has 11 heteroatoms. The second kappa shape index (κ2) is 8.79. The normalized spacial score (nSPS) is 27.0. The van der Waals surface area contributed by atoms with E-state index in [-0.39, 0.29) is 24.9 Å². The van der Waals surface area contributed by atoms with E-state index < -0.39 is 49.4 Å². The number of aromatic amines is 1. The second-order valence-electron chi connectivity index (χ2n) is 6.51. The number of halogens is 1. The van der Waals surface area contributed by atoms with Gasteiger partial charge in [0.15, 0.2) is 12.4 Å². The van der Waals surface area contributed by atoms with Crippen LogP contribution in [0.5, 0.6) is 0 Å². The zero-order chi connectivity index (χ0) is 20.4. The molecule has 9 nitrogen and oxygen atoms in total. The molecule has 27 heavy (non-hydrogen) atoms. The molecular formula is C16H26FN2O7P. The highest BCUT2D eigenvalue weighted by Gasteiger charge is 2.49. The fourth-order valence-electron chi connectivity index (χ4n) is 3.12. The first-order valence-electron chi connectivity index (χ1n) is 8.81. The van der Waals surface area contributed by atoms with Crippen LogP contribution in [0.1, 0.15) is 32.6 Å². The molecule has 0 radical (unpaired) electrons. The molecule has 154 valence electrons. The summed E-state index contributed by atoms with van der Waals surface area (Å²) in [6.07, 6.45) is -4.77. The molecule has 0 amide bonds. The summed E-state index contributed by atoms with van der Waals surface area (Å²) in [6, 6.07) is 0. The van der Waals surface area contributed by atoms with Gasteiger partial charge in [0.05, 0.1) is 25.5 Å². The third-order valence-electron chi connectivity index (χ3n) is 4.38. The average Bonchev–Trinajstić information content (AvgIpc) is 2.87. The van der Waals surface area contributed by atoms with Crippen LogP contribution in [-0.4, -0.2) is 52.4 Å². The van der Waals surface area contributed by atoms with Gasteiger partial charge in [0.1, 0.15) is 6.10 Å². The Morgan fingerprint density at radius 2 is 1.96 bits per heavy atom. The Labute approximate surface area is 156 Å². The number of nitrogens with zero attached hydrogens (tertiary/aromatic N) is 1. The van der Waals surface area contributed by atoms with Crippen LogP contribution in [0, 0.1) is 12.8 Å². The van der Waals surface area contributed by atoms with E-state index in [9.17, 15) is 23.7 Å². The van der Waals surface area contributed by atoms with Crippen molar-refractivity contribution >= 4 is 7.60 Å². The molecular weight excluding hydrogens is 382 g/mol. The molecule has 1 aromatic rings. The molecule has 1 aromatic heterocycles. The van der Waals surface area contributed by atoms with Crippen LogP contribution in [0.2, 0.25) is 0 Å². The van der Waals surface area contributed by atoms with E-state index in [0.717, 1.165) is 4.57 Å². The van der Waals surface area contributed by atoms with Gasteiger partial charge in [-0.15, -0.1) is 0 Å². The van der Waals surface area contributed by atoms with Crippen molar-refractivity contribution in [1.29, 1.82) is 0 Å². The number of ether oxygens (including phenoxy) is 1. The van der Waals surface area contributed by atoms with Crippen molar-refractivity contribution in [3.8, 4) is 0 Å². The van der Waals surface area contributed by atoms with Gasteiger partial charge in [0.2, 0.25) is 0 Å². The maximum absolute atomic E-state index is 14.7. The highest BCUT2D eigenvalue weighted by molar-refractivity contribution is 7.53. The number of hydrogen-bond acceptors (Lipinski definition) is 7. The molecule has 0 aromatic carbocycles. The first-order chi connectivity index (χ1) is 12.6. The van der Waals surface area contributed by atoms with E-state index in [4.69, 9.17) is 13.8 Å². The monoisotopic (exact) mass is 408 g/mol. The Hall–Kier alpha value is -1.32. The van der Waals surface area contributed by atoms with Gasteiger partial charge in [-0.2, -0.15) is 0 Å². The molecule has 0 bridgehead atoms. The van der Waals surface area contributed by atoms with Crippen molar-refractivity contribution in [1.82, 2.24) is 9.55 Å². The Kier molecular flexibility index (Phi) is 7.15. The average molecular weight is 408 g/mol. The van der Waals surface area contributed by atoms with Gasteiger partial charge in [-0.1, -0.05) is 6.92 Å². The lowest BCUT2D eigenvalue weighted by molar-refractivity contribution is -0.0471. The first-order valence-corrected chi connectivity index (χ1v) is 10.5. The lowest BCUT2D eigenvalue weighted by Gasteiger charge is -2.26. The Bertz CT molecular complexity index is 801. The van der Waals surface area contributed by atoms with E-state index in [1.165, 1.54) is 13.1 Å². The summed E-state index contributed by atoms with van der Waals surface area (Å²) >= 11 is 0. The zero-order valence-electron chi connectivity index (χ0n) is 15.8. The molecule has 0 spiro atoms. The molecule has 2 N–H and O–H groups in total. The number of aliphatic hydroxyl groups is 1. The third kappa shape index (κ3) is 4.75. The van der Waals surface area contributed by atoms with Gasteiger partial charge >= 0.3 is 13.3 Å². The number of nitrogens with one attached hydrogen (secondary N) is 1. The van der Waals surface area contributed by atoms with E-state index in [2.05, 4.69) is 4.98 Å². The molecule has 1 aliphatic heterocycles. The zero-order valence-corrected chi connectivity index (χ0v) is 16.6. The van der Waals surface area contributed by atoms with Crippen LogP contribution in [-0.2, 0) is 18.3 Å². The van der Waals surface area contributed by atoms with Crippen LogP contribution in [0.15, 0.2) is 15.8 Å². The Morgan fingerprint density at radius 1 is 1.37 bits per heavy atom. The maximum atomic E-state index is 14.7. The van der Waals surface area contributed by atoms with E-state index in [1.54, 1.807) is 20.8 Å². The number of rotatable bonds is 8. The Balaban J connectivity index is 2.23. The quantitative estimate of drug-likeness (QED) is 0.623. The number of aliphatic hydroxyl groups excluding tert-OH is 1. The van der Waals surface area contributed by atoms with Crippen LogP contribution >= 0.6 is 7.60 Å². The van der Waals surface area contributed by atoms with Crippen LogP contribution < -0.4 is 11.2 Å². The van der Waals surface area contributed by atoms with E-state index in [0.29, 0.717) is 0 Å². The number of alkyl halides is 1. The summed E-state index contributed by atoms with van der Waals surface area (Å²) in [4.78, 5) is 25.6. The van der Waals surface area contributed by atoms with Gasteiger partial charge in [-0.3, -0.25) is 18.9 Å². The van der Waals surface area contributed by atoms with Crippen molar-refractivity contribution < 1.29 is 27.8 Å². The smallest absolute Gasteiger partial charge is 0.331 e. The minimum absolute atomic E-state index is 0.0740. The molecule has 2 rings (SSSR count). The van der Waals surface area contributed by atoms with Crippen molar-refractivity contribution in [2.24, 2.45) is 5.92 Å². The van der Waals surface area contributed by atoms with E-state index >= 15 is 0 Å². The fraction of sp³-hybridized carbons (Fsp3) is 0.750. The topological polar surface area (TPSA) is 120 Å². The van der Waals surface area contributed by atoms with Gasteiger partial charge in [0, 0.05) is 11.8 Å². The Morgan fingerprint density at radius 3 is 2.52 bits per heavy atom. The van der Waals surface area contributed by atoms with Gasteiger partial charge in [-0.05, 0) is 26.7 Å². The molecule has 2 heterocycles. The molecule has 1 fully saturated rings. The largest absolute Gasteiger partial charge is 0.387 e. The third-order valence-corrected chi connectivity index (χ3v) is 6.70. The maximum Gasteiger partial charge on any atom is 0.331 e. The molecule has 0 aliphatic carbocycles. The predicted octanol–water partition coefficient (Wildman–Crippen LogP) is 1.34. The summed E-state index contributed by atoms with van der Waals surface area (Å²) in [6.45, 7) is 6.81. The fourth-order valence-corrected chi connectivity index (χ4v) is 5.11. The summed E-state index contributed by atoms with van der Waals surface area (Å²) in [5.74, 6) is -0.577. The van der Waals surface area contributed by atoms with Crippen LogP contribution in [0.25, 0.3) is 0 Å². The number of aromatic nitrogens is 2. The number of hydrogen-bond donors (Lipinski definition) is 2. The highest BCUT2D eigenvalue weighted by atomic mass is 31.2. The minimum atomic E-state index is -3.42. The van der Waals surface area contributed by atoms with Crippen molar-refractivity contribution in [2.45, 2.75) is 52.3 Å². The predicted molar refractivity (Wildman–Crippen MR) is 95.8 cm³/mol. The van der Waals surface area contributed by atoms with Gasteiger partial charge in [-0.25, -0.2) is 9.18 Å². The first kappa shape index (κ1) is 22.0. The molecule has 2 unspecified atom stereocenters. The molecule has 5 atom stereocenters. The number of H-pyrrole nitrogens is 1. The summed E-state index contributed by atoms with van der Waals surface area (Å²) in [7, 11) is -3.42. The van der Waals surface area contributed by atoms with Crippen molar-refractivity contribution in [3.05, 3.63) is 32.6 Å². The molecule has 1 aliphatic rings. The van der Waals surface area contributed by atoms with Crippen LogP contribution in [0.3, 0.4) is 0 Å². The SMILES string of the molecule is CCOP(=O)(C[C@H](C)C1OC(n2cc(C)c(=O)[nH]c2=O)[C@H](F)[C@@H]1O)OCC. The lowest BCUT2D eigenvalue weighted by atomic mass is 10.0. The molecule has 1 saturated heterocycles. The highest BCUT2D eigenvalue weighted by Crippen LogP contribution is 2.51. The van der Waals surface area contributed by atoms with Gasteiger partial charge in [0.25, 0.3) is 5.56 Å². The summed E-state index contributed by atoms with van der Waals surface area (Å²) in [5.41, 5.74) is -1.22. The van der Waals surface area contributed by atoms with Crippen molar-refractivity contribution in [2.75, 3.05) is 19.4 Å². The van der Waals surface area contributed by atoms with Gasteiger partial charge < -0.3 is 18.9 Å². The standard InChI is InChI=1S/C16H26FN2O7P/c1-5-24-27(23,25-6-2)8-10(4)13-12(20)11(17)15(26-13)19-7-9(3)14(21)18-16(19)22/h7,10-13,15,20H,5-6,8H2,1-4H3,(H,18,21,22)/t10-,11+,12-,13?,15?/m0/s1. The summed E-state index contributed by atoms with van der Waals surface area (Å²) < 4.78 is 44.3. The van der Waals surface area contributed by atoms with Crippen LogP contribution in [0.4, 0.5) is 4.39 Å². The van der Waals surface area contributed by atoms with Crippen molar-refractivity contribution in [3.63, 3.8) is 0 Å². The van der Waals surface area contributed by atoms with E-state index in [1.807, 2.05) is 0 Å².